The molecule has 1 aliphatic carbocycles. The Morgan fingerprint density at radius 3 is 2.30 bits per heavy atom. The normalized spacial score (nSPS) is 19.9. The first-order valence-electron chi connectivity index (χ1n) is 13.2. The van der Waals surface area contributed by atoms with E-state index in [2.05, 4.69) is 39.6 Å². The molecule has 1 atom stereocenters. The van der Waals surface area contributed by atoms with Gasteiger partial charge in [-0.15, -0.1) is 0 Å². The number of rotatable bonds is 10. The number of hydrogen-bond acceptors (Lipinski definition) is 7. The van der Waals surface area contributed by atoms with Crippen LogP contribution in [-0.2, 0) is 31.4 Å². The van der Waals surface area contributed by atoms with Gasteiger partial charge in [0.2, 0.25) is 10.0 Å². The Balaban J connectivity index is 0.000000406. The van der Waals surface area contributed by atoms with E-state index in [1.165, 1.54) is 23.1 Å². The van der Waals surface area contributed by atoms with Gasteiger partial charge in [-0.3, -0.25) is 0 Å². The highest BCUT2D eigenvalue weighted by Crippen LogP contribution is 2.53. The van der Waals surface area contributed by atoms with E-state index in [-0.39, 0.29) is 23.3 Å². The van der Waals surface area contributed by atoms with Crippen LogP contribution in [-0.4, -0.2) is 68.6 Å². The maximum atomic E-state index is 12.1. The van der Waals surface area contributed by atoms with Crippen molar-refractivity contribution in [2.45, 2.75) is 42.4 Å². The number of hydrogen-bond donors (Lipinski definition) is 5. The third-order valence-electron chi connectivity index (χ3n) is 7.61. The Kier molecular flexibility index (Phi) is 9.85. The average molecular weight is 592 g/mol. The van der Waals surface area contributed by atoms with Gasteiger partial charge in [-0.2, -0.15) is 0 Å². The summed E-state index contributed by atoms with van der Waals surface area (Å²) in [4.78, 5) is 19.1. The maximum absolute atomic E-state index is 12.1. The highest BCUT2D eigenvalue weighted by Gasteiger charge is 2.47. The van der Waals surface area contributed by atoms with E-state index in [1.807, 2.05) is 18.2 Å². The van der Waals surface area contributed by atoms with Gasteiger partial charge in [0.05, 0.1) is 0 Å². The highest BCUT2D eigenvalue weighted by atomic mass is 35.5. The molecule has 5 N–H and O–H groups in total. The van der Waals surface area contributed by atoms with Gasteiger partial charge in [0.1, 0.15) is 17.6 Å². The fourth-order valence-electron chi connectivity index (χ4n) is 5.29. The maximum Gasteiger partial charge on any atom is 0.328 e. The van der Waals surface area contributed by atoms with Crippen molar-refractivity contribution < 1.29 is 33.0 Å². The molecule has 0 bridgehead atoms. The number of sulfonamides is 1. The number of carbonyl (C=O) groups is 2. The molecule has 0 spiro atoms. The van der Waals surface area contributed by atoms with Crippen molar-refractivity contribution in [2.75, 3.05) is 32.8 Å². The van der Waals surface area contributed by atoms with E-state index in [0.717, 1.165) is 36.6 Å². The van der Waals surface area contributed by atoms with Crippen LogP contribution < -0.4 is 20.1 Å². The van der Waals surface area contributed by atoms with Crippen LogP contribution >= 0.6 is 11.6 Å². The largest absolute Gasteiger partial charge is 0.492 e. The summed E-state index contributed by atoms with van der Waals surface area (Å²) >= 11 is 6.15. The number of fused-ring (bicyclic) bond motifs is 1. The first-order valence-corrected chi connectivity index (χ1v) is 15.1. The fraction of sp³-hybridized carbons (Fsp3) is 0.429. The minimum Gasteiger partial charge on any atom is -0.492 e. The molecule has 1 saturated heterocycles. The van der Waals surface area contributed by atoms with Crippen LogP contribution in [0.1, 0.15) is 42.0 Å². The Labute approximate surface area is 238 Å². The molecule has 2 heterocycles. The zero-order valence-electron chi connectivity index (χ0n) is 21.9. The Bertz CT molecular complexity index is 1320. The monoisotopic (exact) mass is 591 g/mol. The topological polar surface area (TPSA) is 154 Å². The molecule has 2 aromatic rings. The number of carboxylic acid groups (broad SMARTS) is 2. The van der Waals surface area contributed by atoms with E-state index < -0.39 is 22.0 Å². The van der Waals surface area contributed by atoms with Crippen LogP contribution in [0.25, 0.3) is 0 Å². The number of ether oxygens (including phenoxy) is 1. The number of halogens is 1. The summed E-state index contributed by atoms with van der Waals surface area (Å²) in [5.74, 6) is -1.73. The van der Waals surface area contributed by atoms with E-state index in [4.69, 9.17) is 26.6 Å². The molecule has 2 aromatic carbocycles. The van der Waals surface area contributed by atoms with Crippen molar-refractivity contribution in [1.82, 2.24) is 15.4 Å². The highest BCUT2D eigenvalue weighted by molar-refractivity contribution is 7.90. The average Bonchev–Trinajstić information content (AvgIpc) is 2.85. The van der Waals surface area contributed by atoms with Crippen LogP contribution in [0.15, 0.2) is 54.6 Å². The molecule has 12 heteroatoms. The second kappa shape index (κ2) is 13.1. The van der Waals surface area contributed by atoms with E-state index in [1.54, 1.807) is 0 Å². The molecule has 3 aliphatic rings. The van der Waals surface area contributed by atoms with Crippen molar-refractivity contribution in [3.63, 3.8) is 0 Å². The fourth-order valence-corrected chi connectivity index (χ4v) is 6.70. The summed E-state index contributed by atoms with van der Waals surface area (Å²) in [5, 5.41) is 22.8. The lowest BCUT2D eigenvalue weighted by Crippen LogP contribution is -2.55. The van der Waals surface area contributed by atoms with E-state index in [9.17, 15) is 18.0 Å². The van der Waals surface area contributed by atoms with Gasteiger partial charge >= 0.3 is 11.9 Å². The lowest BCUT2D eigenvalue weighted by atomic mass is 9.58. The third kappa shape index (κ3) is 7.21. The zero-order valence-corrected chi connectivity index (χ0v) is 23.5. The summed E-state index contributed by atoms with van der Waals surface area (Å²) in [6, 6.07) is 14.9. The number of benzene rings is 2. The van der Waals surface area contributed by atoms with Crippen LogP contribution in [0.5, 0.6) is 5.75 Å². The molecule has 2 aliphatic heterocycles. The Morgan fingerprint density at radius 2 is 1.75 bits per heavy atom. The van der Waals surface area contributed by atoms with Gasteiger partial charge < -0.3 is 25.6 Å². The van der Waals surface area contributed by atoms with Crippen molar-refractivity contribution in [3.8, 4) is 5.75 Å². The van der Waals surface area contributed by atoms with Gasteiger partial charge in [0, 0.05) is 48.3 Å². The zero-order chi connectivity index (χ0) is 28.8. The Hall–Kier alpha value is -2.96. The van der Waals surface area contributed by atoms with Gasteiger partial charge in [-0.25, -0.2) is 22.7 Å². The predicted octanol–water partition coefficient (Wildman–Crippen LogP) is 2.63. The summed E-state index contributed by atoms with van der Waals surface area (Å²) in [5.41, 5.74) is 4.07. The first-order chi connectivity index (χ1) is 19.1. The van der Waals surface area contributed by atoms with Gasteiger partial charge in [0.15, 0.2) is 0 Å². The van der Waals surface area contributed by atoms with Crippen molar-refractivity contribution >= 4 is 33.6 Å². The number of nitrogens with one attached hydrogen (secondary N) is 3. The molecular formula is C28H34ClN3O7S. The smallest absolute Gasteiger partial charge is 0.328 e. The predicted molar refractivity (Wildman–Crippen MR) is 151 cm³/mol. The minimum absolute atomic E-state index is 0.0742. The van der Waals surface area contributed by atoms with Crippen LogP contribution in [0.2, 0.25) is 5.02 Å². The Morgan fingerprint density at radius 1 is 1.07 bits per heavy atom. The standard InChI is InChI=1S/C24H30ClN3O3S.C4H4O4/c25-19-5-3-18(4-6-19)24(9-1-10-24)23-22-14-20(7-2-17(22)8-11-27-23)31-13-12-28-32(29,30)21-15-26-16-21;5-3(6)1-2-4(7)8/h2-7,14,21,23,26-28H,1,8-13,15-16H2;1-2H,(H,5,6)(H,7,8)/b;2-1+. The third-order valence-corrected chi connectivity index (χ3v) is 9.68. The molecule has 1 saturated carbocycles. The quantitative estimate of drug-likeness (QED) is 0.207. The molecule has 1 unspecified atom stereocenters. The lowest BCUT2D eigenvalue weighted by molar-refractivity contribution is -0.134. The second-order valence-electron chi connectivity index (χ2n) is 10.1. The van der Waals surface area contributed by atoms with Gasteiger partial charge in [-0.1, -0.05) is 36.2 Å². The lowest BCUT2D eigenvalue weighted by Gasteiger charge is -2.50. The van der Waals surface area contributed by atoms with Crippen LogP contribution in [0, 0.1) is 0 Å². The summed E-state index contributed by atoms with van der Waals surface area (Å²) in [6.45, 7) is 2.57. The first kappa shape index (κ1) is 30.0. The van der Waals surface area contributed by atoms with Crippen molar-refractivity contribution in [2.24, 2.45) is 0 Å². The molecular weight excluding hydrogens is 558 g/mol. The molecule has 5 rings (SSSR count). The number of aliphatic carboxylic acids is 2. The van der Waals surface area contributed by atoms with Crippen molar-refractivity contribution in [3.05, 3.63) is 76.3 Å². The van der Waals surface area contributed by atoms with Crippen LogP contribution in [0.4, 0.5) is 0 Å². The molecule has 10 nitrogen and oxygen atoms in total. The summed E-state index contributed by atoms with van der Waals surface area (Å²) < 4.78 is 32.9. The molecule has 40 heavy (non-hydrogen) atoms. The van der Waals surface area contributed by atoms with Gasteiger partial charge in [-0.05, 0) is 66.8 Å². The summed E-state index contributed by atoms with van der Waals surface area (Å²) in [7, 11) is -3.26. The molecule has 0 aromatic heterocycles. The van der Waals surface area contributed by atoms with E-state index in [0.29, 0.717) is 31.8 Å². The van der Waals surface area contributed by atoms with E-state index >= 15 is 0 Å². The second-order valence-corrected chi connectivity index (χ2v) is 12.6. The van der Waals surface area contributed by atoms with Crippen molar-refractivity contribution in [1.29, 1.82) is 0 Å². The molecule has 0 amide bonds. The van der Waals surface area contributed by atoms with Crippen LogP contribution in [0.3, 0.4) is 0 Å². The molecule has 2 fully saturated rings. The summed E-state index contributed by atoms with van der Waals surface area (Å²) in [6.07, 6.45) is 5.63. The minimum atomic E-state index is -3.26. The SMILES string of the molecule is O=C(O)/C=C/C(=O)O.O=S(=O)(NCCOc1ccc2c(c1)C(C1(c3ccc(Cl)cc3)CCC1)NCC2)C1CNC1. The molecule has 0 radical (unpaired) electrons. The number of carboxylic acids is 2. The van der Waals surface area contributed by atoms with Gasteiger partial charge in [0.25, 0.3) is 0 Å². The molecule has 216 valence electrons.